The Kier molecular flexibility index (Phi) is 5.97. The van der Waals surface area contributed by atoms with Crippen LogP contribution in [0.3, 0.4) is 0 Å². The lowest BCUT2D eigenvalue weighted by atomic mass is 10.3. The number of carbonyl (C=O) groups excluding carboxylic acids is 1. The Morgan fingerprint density at radius 2 is 1.95 bits per heavy atom. The molecule has 0 atom stereocenters. The van der Waals surface area contributed by atoms with Crippen LogP contribution >= 0.6 is 0 Å². The van der Waals surface area contributed by atoms with E-state index in [1.165, 1.54) is 12.1 Å². The number of carbonyl (C=O) groups is 1. The normalized spacial score (nSPS) is 11.3. The van der Waals surface area contributed by atoms with Gasteiger partial charge in [0.15, 0.2) is 0 Å². The molecule has 0 aliphatic carbocycles. The largest absolute Gasteiger partial charge is 0.399 e. The van der Waals surface area contributed by atoms with Gasteiger partial charge in [0.1, 0.15) is 0 Å². The van der Waals surface area contributed by atoms with E-state index in [9.17, 15) is 13.2 Å². The minimum Gasteiger partial charge on any atom is -0.399 e. The topological polar surface area (TPSA) is 92.5 Å². The zero-order chi connectivity index (χ0) is 15.2. The third-order valence-electron chi connectivity index (χ3n) is 2.92. The lowest BCUT2D eigenvalue weighted by Crippen LogP contribution is -2.34. The Hall–Kier alpha value is -1.60. The van der Waals surface area contributed by atoms with Gasteiger partial charge in [-0.1, -0.05) is 6.07 Å². The molecule has 112 valence electrons. The fraction of sp³-hybridized carbons (Fsp3) is 0.462. The van der Waals surface area contributed by atoms with Gasteiger partial charge in [0.05, 0.1) is 4.90 Å². The molecule has 1 rings (SSSR count). The van der Waals surface area contributed by atoms with E-state index < -0.39 is 10.0 Å². The first-order valence-corrected chi connectivity index (χ1v) is 8.02. The van der Waals surface area contributed by atoms with Gasteiger partial charge >= 0.3 is 0 Å². The summed E-state index contributed by atoms with van der Waals surface area (Å²) in [7, 11) is -3.62. The van der Waals surface area contributed by atoms with Crippen LogP contribution in [0.5, 0.6) is 0 Å². The van der Waals surface area contributed by atoms with E-state index in [4.69, 9.17) is 5.73 Å². The molecule has 0 saturated heterocycles. The molecule has 0 fully saturated rings. The molecular weight excluding hydrogens is 278 g/mol. The second kappa shape index (κ2) is 7.25. The summed E-state index contributed by atoms with van der Waals surface area (Å²) in [4.78, 5) is 13.5. The molecule has 1 aromatic carbocycles. The van der Waals surface area contributed by atoms with Gasteiger partial charge in [-0.05, 0) is 32.0 Å². The van der Waals surface area contributed by atoms with Crippen molar-refractivity contribution in [3.63, 3.8) is 0 Å². The third-order valence-corrected chi connectivity index (χ3v) is 4.37. The number of nitrogens with two attached hydrogens (primary N) is 1. The number of nitrogens with one attached hydrogen (secondary N) is 1. The van der Waals surface area contributed by atoms with E-state index in [0.717, 1.165) is 0 Å². The number of nitrogen functional groups attached to an aromatic ring is 1. The number of hydrogen-bond acceptors (Lipinski definition) is 4. The number of nitrogens with zero attached hydrogens (tertiary/aromatic N) is 1. The lowest BCUT2D eigenvalue weighted by molar-refractivity contribution is -0.130. The van der Waals surface area contributed by atoms with E-state index in [1.807, 2.05) is 13.8 Å². The number of anilines is 1. The Labute approximate surface area is 120 Å². The Morgan fingerprint density at radius 1 is 1.30 bits per heavy atom. The maximum atomic E-state index is 12.0. The van der Waals surface area contributed by atoms with Crippen LogP contribution in [0, 0.1) is 0 Å². The molecule has 1 amide bonds. The van der Waals surface area contributed by atoms with Crippen LogP contribution in [0.1, 0.15) is 20.3 Å². The molecule has 7 heteroatoms. The summed E-state index contributed by atoms with van der Waals surface area (Å²) in [6.45, 7) is 5.09. The highest BCUT2D eigenvalue weighted by Gasteiger charge is 2.15. The number of benzene rings is 1. The summed E-state index contributed by atoms with van der Waals surface area (Å²) in [6.07, 6.45) is 0.142. The molecule has 0 heterocycles. The highest BCUT2D eigenvalue weighted by atomic mass is 32.2. The highest BCUT2D eigenvalue weighted by Crippen LogP contribution is 2.12. The smallest absolute Gasteiger partial charge is 0.240 e. The van der Waals surface area contributed by atoms with Crippen LogP contribution < -0.4 is 10.5 Å². The quantitative estimate of drug-likeness (QED) is 0.729. The summed E-state index contributed by atoms with van der Waals surface area (Å²) in [5.41, 5.74) is 5.94. The second-order valence-corrected chi connectivity index (χ2v) is 6.05. The number of hydrogen-bond donors (Lipinski definition) is 2. The van der Waals surface area contributed by atoms with Gasteiger partial charge in [-0.2, -0.15) is 0 Å². The summed E-state index contributed by atoms with van der Waals surface area (Å²) in [5.74, 6) is -0.0646. The van der Waals surface area contributed by atoms with Crippen LogP contribution in [0.4, 0.5) is 5.69 Å². The lowest BCUT2D eigenvalue weighted by Gasteiger charge is -2.18. The average molecular weight is 299 g/mol. The van der Waals surface area contributed by atoms with Gasteiger partial charge in [-0.3, -0.25) is 4.79 Å². The predicted molar refractivity (Wildman–Crippen MR) is 78.6 cm³/mol. The van der Waals surface area contributed by atoms with Crippen molar-refractivity contribution in [2.45, 2.75) is 25.2 Å². The monoisotopic (exact) mass is 299 g/mol. The molecule has 0 aliphatic rings. The average Bonchev–Trinajstić information content (AvgIpc) is 2.40. The Bertz CT molecular complexity index is 554. The van der Waals surface area contributed by atoms with Crippen molar-refractivity contribution in [2.24, 2.45) is 0 Å². The minimum absolute atomic E-state index is 0.0646. The molecule has 6 nitrogen and oxygen atoms in total. The van der Waals surface area contributed by atoms with Crippen molar-refractivity contribution in [1.29, 1.82) is 0 Å². The Morgan fingerprint density at radius 3 is 2.50 bits per heavy atom. The van der Waals surface area contributed by atoms with Gasteiger partial charge in [0.2, 0.25) is 15.9 Å². The van der Waals surface area contributed by atoms with Crippen molar-refractivity contribution in [2.75, 3.05) is 25.4 Å². The van der Waals surface area contributed by atoms with Crippen LogP contribution in [0.15, 0.2) is 29.2 Å². The molecule has 0 aliphatic heterocycles. The number of sulfonamides is 1. The van der Waals surface area contributed by atoms with Crippen molar-refractivity contribution >= 4 is 21.6 Å². The van der Waals surface area contributed by atoms with Crippen molar-refractivity contribution < 1.29 is 13.2 Å². The van der Waals surface area contributed by atoms with E-state index in [1.54, 1.807) is 17.0 Å². The highest BCUT2D eigenvalue weighted by molar-refractivity contribution is 7.89. The van der Waals surface area contributed by atoms with Crippen LogP contribution in [-0.4, -0.2) is 38.9 Å². The SMILES string of the molecule is CCN(CC)C(=O)CCNS(=O)(=O)c1cccc(N)c1. The van der Waals surface area contributed by atoms with Gasteiger partial charge < -0.3 is 10.6 Å². The molecule has 0 aromatic heterocycles. The van der Waals surface area contributed by atoms with Crippen LogP contribution in [0.2, 0.25) is 0 Å². The zero-order valence-corrected chi connectivity index (χ0v) is 12.6. The molecule has 1 aromatic rings. The minimum atomic E-state index is -3.62. The summed E-state index contributed by atoms with van der Waals surface area (Å²) < 4.78 is 26.4. The summed E-state index contributed by atoms with van der Waals surface area (Å²) in [5, 5.41) is 0. The van der Waals surface area contributed by atoms with E-state index in [0.29, 0.717) is 18.8 Å². The first kappa shape index (κ1) is 16.5. The molecule has 3 N–H and O–H groups in total. The first-order valence-electron chi connectivity index (χ1n) is 6.53. The molecule has 0 unspecified atom stereocenters. The predicted octanol–water partition coefficient (Wildman–Crippen LogP) is 0.806. The molecule has 20 heavy (non-hydrogen) atoms. The summed E-state index contributed by atoms with van der Waals surface area (Å²) >= 11 is 0. The molecule has 0 spiro atoms. The van der Waals surface area contributed by atoms with Crippen molar-refractivity contribution in [3.05, 3.63) is 24.3 Å². The standard InChI is InChI=1S/C13H21N3O3S/c1-3-16(4-2)13(17)8-9-15-20(18,19)12-7-5-6-11(14)10-12/h5-7,10,15H,3-4,8-9,14H2,1-2H3. The van der Waals surface area contributed by atoms with E-state index in [-0.39, 0.29) is 23.8 Å². The van der Waals surface area contributed by atoms with Crippen molar-refractivity contribution in [1.82, 2.24) is 9.62 Å². The van der Waals surface area contributed by atoms with Crippen molar-refractivity contribution in [3.8, 4) is 0 Å². The van der Waals surface area contributed by atoms with Gasteiger partial charge in [0, 0.05) is 31.7 Å². The fourth-order valence-electron chi connectivity index (χ4n) is 1.79. The van der Waals surface area contributed by atoms with E-state index >= 15 is 0 Å². The summed E-state index contributed by atoms with van der Waals surface area (Å²) in [6, 6.07) is 6.04. The molecule has 0 saturated carbocycles. The van der Waals surface area contributed by atoms with Gasteiger partial charge in [-0.25, -0.2) is 13.1 Å². The maximum absolute atomic E-state index is 12.0. The van der Waals surface area contributed by atoms with Crippen LogP contribution in [0.25, 0.3) is 0 Å². The molecule has 0 radical (unpaired) electrons. The molecule has 0 bridgehead atoms. The zero-order valence-electron chi connectivity index (χ0n) is 11.8. The first-order chi connectivity index (χ1) is 9.40. The second-order valence-electron chi connectivity index (χ2n) is 4.29. The van der Waals surface area contributed by atoms with E-state index in [2.05, 4.69) is 4.72 Å². The number of amides is 1. The van der Waals surface area contributed by atoms with Crippen LogP contribution in [-0.2, 0) is 14.8 Å². The molecular formula is C13H21N3O3S. The Balaban J connectivity index is 2.59. The maximum Gasteiger partial charge on any atom is 0.240 e. The van der Waals surface area contributed by atoms with Gasteiger partial charge in [0.25, 0.3) is 0 Å². The van der Waals surface area contributed by atoms with Gasteiger partial charge in [-0.15, -0.1) is 0 Å². The fourth-order valence-corrected chi connectivity index (χ4v) is 2.88. The third kappa shape index (κ3) is 4.50. The number of rotatable bonds is 7.